The Bertz CT molecular complexity index is 725. The van der Waals surface area contributed by atoms with Crippen LogP contribution in [0.15, 0.2) is 6.07 Å². The standard InChI is InChI=1S/C20H30N6OS/c1-24-9-15-12-26(13-16(15)10-24)19-7-14-11-25(5-4-18(14)22-23-19)20(27)21-8-17-3-2-6-28-17/h7,15-17H,2-6,8-13H2,1H3,(H,21,27)/t15-,16+,17?. The third-order valence-electron chi connectivity index (χ3n) is 6.71. The van der Waals surface area contributed by atoms with Crippen molar-refractivity contribution in [3.8, 4) is 0 Å². The van der Waals surface area contributed by atoms with E-state index in [9.17, 15) is 4.79 Å². The van der Waals surface area contributed by atoms with Gasteiger partial charge in [-0.15, -0.1) is 5.10 Å². The van der Waals surface area contributed by atoms with Gasteiger partial charge in [0, 0.05) is 57.5 Å². The van der Waals surface area contributed by atoms with Crippen molar-refractivity contribution in [2.24, 2.45) is 11.8 Å². The van der Waals surface area contributed by atoms with Crippen LogP contribution >= 0.6 is 11.8 Å². The molecule has 3 fully saturated rings. The highest BCUT2D eigenvalue weighted by Gasteiger charge is 2.39. The van der Waals surface area contributed by atoms with Gasteiger partial charge in [0.25, 0.3) is 0 Å². The zero-order chi connectivity index (χ0) is 19.1. The molecule has 4 aliphatic rings. The summed E-state index contributed by atoms with van der Waals surface area (Å²) in [6, 6.07) is 2.24. The first kappa shape index (κ1) is 18.5. The summed E-state index contributed by atoms with van der Waals surface area (Å²) >= 11 is 1.98. The molecule has 152 valence electrons. The molecule has 5 heterocycles. The number of hydrogen-bond acceptors (Lipinski definition) is 6. The molecule has 0 saturated carbocycles. The molecule has 3 atom stereocenters. The van der Waals surface area contributed by atoms with Crippen LogP contribution in [0.2, 0.25) is 0 Å². The van der Waals surface area contributed by atoms with E-state index in [2.05, 4.69) is 38.4 Å². The first-order valence-corrected chi connectivity index (χ1v) is 11.6. The number of nitrogens with zero attached hydrogens (tertiary/aromatic N) is 5. The molecule has 3 saturated heterocycles. The van der Waals surface area contributed by atoms with E-state index in [0.29, 0.717) is 11.8 Å². The Morgan fingerprint density at radius 3 is 2.82 bits per heavy atom. The summed E-state index contributed by atoms with van der Waals surface area (Å²) in [7, 11) is 2.21. The van der Waals surface area contributed by atoms with Gasteiger partial charge in [0.2, 0.25) is 0 Å². The minimum atomic E-state index is 0.0650. The maximum atomic E-state index is 12.6. The average Bonchev–Trinajstić information content (AvgIpc) is 3.41. The topological polar surface area (TPSA) is 64.6 Å². The predicted molar refractivity (Wildman–Crippen MR) is 112 cm³/mol. The Balaban J connectivity index is 1.21. The fourth-order valence-electron chi connectivity index (χ4n) is 5.18. The van der Waals surface area contributed by atoms with Crippen LogP contribution in [0.1, 0.15) is 24.1 Å². The van der Waals surface area contributed by atoms with Crippen molar-refractivity contribution in [2.75, 3.05) is 57.0 Å². The predicted octanol–water partition coefficient (Wildman–Crippen LogP) is 1.44. The summed E-state index contributed by atoms with van der Waals surface area (Å²) in [6.45, 7) is 6.69. The highest BCUT2D eigenvalue weighted by atomic mass is 32.2. The summed E-state index contributed by atoms with van der Waals surface area (Å²) in [5.74, 6) is 3.71. The third kappa shape index (κ3) is 3.68. The van der Waals surface area contributed by atoms with E-state index in [4.69, 9.17) is 0 Å². The van der Waals surface area contributed by atoms with Gasteiger partial charge in [0.05, 0.1) is 5.69 Å². The molecule has 5 rings (SSSR count). The van der Waals surface area contributed by atoms with Crippen LogP contribution in [0.5, 0.6) is 0 Å². The number of likely N-dealkylation sites (tertiary alicyclic amines) is 1. The second-order valence-corrected chi connectivity index (χ2v) is 10.2. The molecule has 8 heteroatoms. The van der Waals surface area contributed by atoms with Gasteiger partial charge in [-0.05, 0) is 49.1 Å². The monoisotopic (exact) mass is 402 g/mol. The fourth-order valence-corrected chi connectivity index (χ4v) is 6.38. The number of carbonyl (C=O) groups is 1. The van der Waals surface area contributed by atoms with Crippen LogP contribution in [-0.2, 0) is 13.0 Å². The molecule has 0 radical (unpaired) electrons. The Kier molecular flexibility index (Phi) is 5.09. The first-order chi connectivity index (χ1) is 13.7. The number of urea groups is 1. The van der Waals surface area contributed by atoms with Crippen molar-refractivity contribution < 1.29 is 4.79 Å². The van der Waals surface area contributed by atoms with E-state index < -0.39 is 0 Å². The Labute approximate surface area is 171 Å². The number of rotatable bonds is 3. The number of nitrogens with one attached hydrogen (secondary N) is 1. The molecule has 4 aliphatic heterocycles. The largest absolute Gasteiger partial charge is 0.354 e. The smallest absolute Gasteiger partial charge is 0.317 e. The summed E-state index contributed by atoms with van der Waals surface area (Å²) < 4.78 is 0. The van der Waals surface area contributed by atoms with Crippen molar-refractivity contribution >= 4 is 23.6 Å². The lowest BCUT2D eigenvalue weighted by Gasteiger charge is -2.29. The fraction of sp³-hybridized carbons (Fsp3) is 0.750. The second-order valence-electron chi connectivity index (χ2n) is 8.81. The lowest BCUT2D eigenvalue weighted by Crippen LogP contribution is -2.44. The molecule has 1 unspecified atom stereocenters. The number of anilines is 1. The summed E-state index contributed by atoms with van der Waals surface area (Å²) in [5, 5.41) is 12.8. The zero-order valence-electron chi connectivity index (χ0n) is 16.6. The molecular weight excluding hydrogens is 372 g/mol. The first-order valence-electron chi connectivity index (χ1n) is 10.6. The van der Waals surface area contributed by atoms with Gasteiger partial charge < -0.3 is 20.0 Å². The highest BCUT2D eigenvalue weighted by molar-refractivity contribution is 8.00. The molecule has 0 aromatic carbocycles. The van der Waals surface area contributed by atoms with Gasteiger partial charge in [-0.3, -0.25) is 0 Å². The molecule has 0 bridgehead atoms. The normalized spacial score (nSPS) is 29.8. The van der Waals surface area contributed by atoms with Gasteiger partial charge in [-0.2, -0.15) is 16.9 Å². The summed E-state index contributed by atoms with van der Waals surface area (Å²) in [5.41, 5.74) is 2.22. The minimum absolute atomic E-state index is 0.0650. The second kappa shape index (κ2) is 7.71. The van der Waals surface area contributed by atoms with E-state index in [1.165, 1.54) is 31.7 Å². The number of hydrogen-bond donors (Lipinski definition) is 1. The highest BCUT2D eigenvalue weighted by Crippen LogP contribution is 2.33. The van der Waals surface area contributed by atoms with Gasteiger partial charge in [0.1, 0.15) is 0 Å². The van der Waals surface area contributed by atoms with E-state index in [1.807, 2.05) is 16.7 Å². The van der Waals surface area contributed by atoms with Gasteiger partial charge >= 0.3 is 6.03 Å². The van der Waals surface area contributed by atoms with Crippen LogP contribution in [0.3, 0.4) is 0 Å². The molecule has 7 nitrogen and oxygen atoms in total. The van der Waals surface area contributed by atoms with Crippen LogP contribution in [0, 0.1) is 11.8 Å². The molecule has 1 aromatic rings. The quantitative estimate of drug-likeness (QED) is 0.825. The van der Waals surface area contributed by atoms with Gasteiger partial charge in [0.15, 0.2) is 5.82 Å². The Hall–Kier alpha value is -1.54. The van der Waals surface area contributed by atoms with Crippen molar-refractivity contribution in [3.05, 3.63) is 17.3 Å². The van der Waals surface area contributed by atoms with Crippen molar-refractivity contribution in [2.45, 2.75) is 31.1 Å². The summed E-state index contributed by atoms with van der Waals surface area (Å²) in [4.78, 5) is 19.4. The minimum Gasteiger partial charge on any atom is -0.354 e. The number of fused-ring (bicyclic) bond motifs is 2. The molecule has 0 spiro atoms. The Morgan fingerprint density at radius 1 is 1.25 bits per heavy atom. The molecule has 1 aromatic heterocycles. The lowest BCUT2D eigenvalue weighted by molar-refractivity contribution is 0.192. The summed E-state index contributed by atoms with van der Waals surface area (Å²) in [6.07, 6.45) is 3.29. The lowest BCUT2D eigenvalue weighted by atomic mass is 10.0. The van der Waals surface area contributed by atoms with Gasteiger partial charge in [-0.1, -0.05) is 0 Å². The Morgan fingerprint density at radius 2 is 2.07 bits per heavy atom. The van der Waals surface area contributed by atoms with Gasteiger partial charge in [-0.25, -0.2) is 4.79 Å². The zero-order valence-corrected chi connectivity index (χ0v) is 17.5. The number of carbonyl (C=O) groups excluding carboxylic acids is 1. The molecule has 28 heavy (non-hydrogen) atoms. The molecule has 0 aliphatic carbocycles. The molecule has 2 amide bonds. The van der Waals surface area contributed by atoms with E-state index in [-0.39, 0.29) is 6.03 Å². The average molecular weight is 403 g/mol. The molecular formula is C20H30N6OS. The van der Waals surface area contributed by atoms with E-state index in [1.54, 1.807) is 0 Å². The maximum Gasteiger partial charge on any atom is 0.317 e. The number of thioether (sulfide) groups is 1. The molecule has 1 N–H and O–H groups in total. The number of aromatic nitrogens is 2. The van der Waals surface area contributed by atoms with Crippen LogP contribution in [0.4, 0.5) is 10.6 Å². The van der Waals surface area contributed by atoms with Crippen LogP contribution in [0.25, 0.3) is 0 Å². The van der Waals surface area contributed by atoms with E-state index in [0.717, 1.165) is 61.5 Å². The maximum absolute atomic E-state index is 12.6. The van der Waals surface area contributed by atoms with Crippen LogP contribution in [-0.4, -0.2) is 83.3 Å². The van der Waals surface area contributed by atoms with E-state index >= 15 is 0 Å². The SMILES string of the molecule is CN1C[C@@H]2CN(c3cc4c(nn3)CCN(C(=O)NCC3CCCS3)C4)C[C@@H]2C1. The van der Waals surface area contributed by atoms with Crippen molar-refractivity contribution in [3.63, 3.8) is 0 Å². The third-order valence-corrected chi connectivity index (χ3v) is 8.11. The van der Waals surface area contributed by atoms with Crippen molar-refractivity contribution in [1.82, 2.24) is 25.3 Å². The number of amides is 2. The van der Waals surface area contributed by atoms with Crippen LogP contribution < -0.4 is 10.2 Å². The van der Waals surface area contributed by atoms with Crippen molar-refractivity contribution in [1.29, 1.82) is 0 Å².